The van der Waals surface area contributed by atoms with Crippen LogP contribution in [-0.4, -0.2) is 74.3 Å². The molecular weight excluding hydrogens is 376 g/mol. The third-order valence-corrected chi connectivity index (χ3v) is 6.82. The molecule has 10 nitrogen and oxygen atoms in total. The van der Waals surface area contributed by atoms with Crippen molar-refractivity contribution >= 4 is 21.6 Å². The van der Waals surface area contributed by atoms with E-state index in [1.54, 1.807) is 4.90 Å². The van der Waals surface area contributed by atoms with Crippen molar-refractivity contribution in [1.82, 2.24) is 14.5 Å². The summed E-state index contributed by atoms with van der Waals surface area (Å²) in [5, 5.41) is 14.4. The van der Waals surface area contributed by atoms with Gasteiger partial charge in [0.25, 0.3) is 5.69 Å². The molecule has 0 spiro atoms. The van der Waals surface area contributed by atoms with Crippen LogP contribution in [0.4, 0.5) is 5.69 Å². The molecule has 1 atom stereocenters. The number of methoxy groups -OCH3 is 1. The van der Waals surface area contributed by atoms with Crippen LogP contribution in [0.1, 0.15) is 12.8 Å². The smallest absolute Gasteiger partial charge is 0.293 e. The number of piperidine rings is 1. The second-order valence-corrected chi connectivity index (χ2v) is 8.42. The molecule has 2 heterocycles. The van der Waals surface area contributed by atoms with Gasteiger partial charge in [0, 0.05) is 32.2 Å². The summed E-state index contributed by atoms with van der Waals surface area (Å²) in [5.41, 5.74) is -0.519. The summed E-state index contributed by atoms with van der Waals surface area (Å²) in [6, 6.07) is 3.47. The number of nitro groups is 1. The fourth-order valence-corrected chi connectivity index (χ4v) is 5.18. The first-order valence-electron chi connectivity index (χ1n) is 8.67. The molecule has 3 rings (SSSR count). The van der Waals surface area contributed by atoms with Gasteiger partial charge in [-0.15, -0.1) is 0 Å². The Labute approximate surface area is 157 Å². The van der Waals surface area contributed by atoms with E-state index in [4.69, 9.17) is 4.74 Å². The zero-order valence-electron chi connectivity index (χ0n) is 15.0. The van der Waals surface area contributed by atoms with E-state index >= 15 is 0 Å². The first-order valence-corrected chi connectivity index (χ1v) is 10.1. The predicted molar refractivity (Wildman–Crippen MR) is 96.0 cm³/mol. The summed E-state index contributed by atoms with van der Waals surface area (Å²) in [6.45, 7) is 1.84. The number of nitrogens with zero attached hydrogens (tertiary/aromatic N) is 3. The molecule has 0 radical (unpaired) electrons. The van der Waals surface area contributed by atoms with E-state index in [0.29, 0.717) is 25.9 Å². The topological polar surface area (TPSA) is 122 Å². The van der Waals surface area contributed by atoms with Crippen LogP contribution in [0.25, 0.3) is 0 Å². The Bertz CT molecular complexity index is 843. The highest BCUT2D eigenvalue weighted by atomic mass is 32.2. The molecule has 2 aliphatic rings. The number of amides is 1. The van der Waals surface area contributed by atoms with Crippen molar-refractivity contribution in [3.63, 3.8) is 0 Å². The van der Waals surface area contributed by atoms with Gasteiger partial charge in [0.15, 0.2) is 4.90 Å². The molecule has 27 heavy (non-hydrogen) atoms. The fraction of sp³-hybridized carbons (Fsp3) is 0.562. The van der Waals surface area contributed by atoms with E-state index in [-0.39, 0.29) is 42.2 Å². The maximum Gasteiger partial charge on any atom is 0.293 e. The SMILES string of the molecule is COc1ccc(S(=O)(=O)N2CCCC(N3CCNCC3=O)C2)c([N+](=O)[O-])c1. The number of ether oxygens (including phenoxy) is 1. The number of benzene rings is 1. The highest BCUT2D eigenvalue weighted by molar-refractivity contribution is 7.89. The third kappa shape index (κ3) is 3.89. The molecular formula is C16H22N4O6S. The Morgan fingerprint density at radius 3 is 2.78 bits per heavy atom. The zero-order chi connectivity index (χ0) is 19.6. The molecule has 1 amide bonds. The maximum absolute atomic E-state index is 13.1. The molecule has 0 bridgehead atoms. The minimum Gasteiger partial charge on any atom is -0.497 e. The van der Waals surface area contributed by atoms with Crippen LogP contribution in [0, 0.1) is 10.1 Å². The van der Waals surface area contributed by atoms with E-state index in [9.17, 15) is 23.3 Å². The van der Waals surface area contributed by atoms with Gasteiger partial charge in [-0.3, -0.25) is 14.9 Å². The quantitative estimate of drug-likeness (QED) is 0.555. The second-order valence-electron chi connectivity index (χ2n) is 6.51. The Morgan fingerprint density at radius 2 is 2.11 bits per heavy atom. The zero-order valence-corrected chi connectivity index (χ0v) is 15.8. The second kappa shape index (κ2) is 7.79. The highest BCUT2D eigenvalue weighted by Crippen LogP contribution is 2.32. The summed E-state index contributed by atoms with van der Waals surface area (Å²) < 4.78 is 32.4. The minimum atomic E-state index is -4.07. The first kappa shape index (κ1) is 19.5. The van der Waals surface area contributed by atoms with Crippen LogP contribution in [0.2, 0.25) is 0 Å². The van der Waals surface area contributed by atoms with Crippen molar-refractivity contribution in [2.24, 2.45) is 0 Å². The standard InChI is InChI=1S/C16H22N4O6S/c1-26-13-4-5-15(14(9-13)20(22)23)27(24,25)18-7-2-3-12(11-18)19-8-6-17-10-16(19)21/h4-5,9,12,17H,2-3,6-8,10-11H2,1H3. The van der Waals surface area contributed by atoms with Gasteiger partial charge in [-0.1, -0.05) is 0 Å². The third-order valence-electron chi connectivity index (χ3n) is 4.91. The molecule has 1 aromatic carbocycles. The average Bonchev–Trinajstić information content (AvgIpc) is 2.68. The Balaban J connectivity index is 1.88. The molecule has 2 aliphatic heterocycles. The fourth-order valence-electron chi connectivity index (χ4n) is 3.52. The molecule has 1 N–H and O–H groups in total. The van der Waals surface area contributed by atoms with Crippen LogP contribution in [0.15, 0.2) is 23.1 Å². The number of sulfonamides is 1. The number of piperazine rings is 1. The monoisotopic (exact) mass is 398 g/mol. The number of hydrogen-bond donors (Lipinski definition) is 1. The normalized spacial score (nSPS) is 21.9. The van der Waals surface area contributed by atoms with Crippen molar-refractivity contribution in [3.8, 4) is 5.75 Å². The van der Waals surface area contributed by atoms with E-state index in [1.807, 2.05) is 0 Å². The summed E-state index contributed by atoms with van der Waals surface area (Å²) in [6.07, 6.45) is 1.30. The Hall–Kier alpha value is -2.24. The number of carbonyl (C=O) groups is 1. The lowest BCUT2D eigenvalue weighted by Gasteiger charge is -2.40. The first-order chi connectivity index (χ1) is 12.8. The van der Waals surface area contributed by atoms with Gasteiger partial charge in [0.2, 0.25) is 15.9 Å². The largest absolute Gasteiger partial charge is 0.497 e. The van der Waals surface area contributed by atoms with Gasteiger partial charge in [0.1, 0.15) is 5.75 Å². The van der Waals surface area contributed by atoms with Gasteiger partial charge in [-0.2, -0.15) is 4.31 Å². The number of nitro benzene ring substituents is 1. The Morgan fingerprint density at radius 1 is 1.33 bits per heavy atom. The van der Waals surface area contributed by atoms with Crippen LogP contribution in [0.3, 0.4) is 0 Å². The van der Waals surface area contributed by atoms with E-state index in [0.717, 1.165) is 6.07 Å². The summed E-state index contributed by atoms with van der Waals surface area (Å²) in [4.78, 5) is 24.1. The summed E-state index contributed by atoms with van der Waals surface area (Å²) in [7, 11) is -2.72. The molecule has 1 aromatic rings. The Kier molecular flexibility index (Phi) is 5.63. The van der Waals surface area contributed by atoms with Gasteiger partial charge >= 0.3 is 0 Å². The van der Waals surface area contributed by atoms with Crippen LogP contribution >= 0.6 is 0 Å². The molecule has 0 saturated carbocycles. The number of rotatable bonds is 5. The molecule has 0 aliphatic carbocycles. The lowest BCUT2D eigenvalue weighted by Crippen LogP contribution is -2.57. The maximum atomic E-state index is 13.1. The van der Waals surface area contributed by atoms with E-state index in [1.165, 1.54) is 23.5 Å². The number of hydrogen-bond acceptors (Lipinski definition) is 7. The van der Waals surface area contributed by atoms with Crippen molar-refractivity contribution in [2.45, 2.75) is 23.8 Å². The molecule has 11 heteroatoms. The summed E-state index contributed by atoms with van der Waals surface area (Å²) in [5.74, 6) is 0.157. The molecule has 2 fully saturated rings. The van der Waals surface area contributed by atoms with Crippen LogP contribution < -0.4 is 10.1 Å². The minimum absolute atomic E-state index is 0.0547. The van der Waals surface area contributed by atoms with Crippen molar-refractivity contribution in [3.05, 3.63) is 28.3 Å². The van der Waals surface area contributed by atoms with Gasteiger partial charge < -0.3 is 15.0 Å². The summed E-state index contributed by atoms with van der Waals surface area (Å²) >= 11 is 0. The molecule has 1 unspecified atom stereocenters. The van der Waals surface area contributed by atoms with E-state index < -0.39 is 20.6 Å². The number of nitrogens with one attached hydrogen (secondary N) is 1. The van der Waals surface area contributed by atoms with Crippen LogP contribution in [0.5, 0.6) is 5.75 Å². The van der Waals surface area contributed by atoms with Crippen molar-refractivity contribution < 1.29 is 22.9 Å². The van der Waals surface area contributed by atoms with Gasteiger partial charge in [0.05, 0.1) is 24.6 Å². The number of carbonyl (C=O) groups excluding carboxylic acids is 1. The lowest BCUT2D eigenvalue weighted by molar-refractivity contribution is -0.387. The highest BCUT2D eigenvalue weighted by Gasteiger charge is 2.38. The van der Waals surface area contributed by atoms with Crippen molar-refractivity contribution in [1.29, 1.82) is 0 Å². The van der Waals surface area contributed by atoms with Crippen molar-refractivity contribution in [2.75, 3.05) is 39.8 Å². The van der Waals surface area contributed by atoms with Crippen LogP contribution in [-0.2, 0) is 14.8 Å². The molecule has 0 aromatic heterocycles. The lowest BCUT2D eigenvalue weighted by atomic mass is 10.1. The molecule has 148 valence electrons. The average molecular weight is 398 g/mol. The molecule has 2 saturated heterocycles. The van der Waals surface area contributed by atoms with Gasteiger partial charge in [-0.05, 0) is 25.0 Å². The van der Waals surface area contributed by atoms with Gasteiger partial charge in [-0.25, -0.2) is 8.42 Å². The van der Waals surface area contributed by atoms with E-state index in [2.05, 4.69) is 5.32 Å². The predicted octanol–water partition coefficient (Wildman–Crippen LogP) is 0.188.